The van der Waals surface area contributed by atoms with Gasteiger partial charge >= 0.3 is 12.1 Å². The van der Waals surface area contributed by atoms with E-state index in [-0.39, 0.29) is 62.2 Å². The van der Waals surface area contributed by atoms with E-state index in [4.69, 9.17) is 26.1 Å². The molecule has 3 amide bonds. The standard InChI is InChI=1S/C34H40F2N4O3.C19H21F2N3O.C15H22F2N2O3.C10H9NO2.C9H7NO.C2H4O2.ClH/c1-4-10-40(11-5-2)34(43)27-13-22(3)12-26(18-27)33(42)39-31(17-24-14-28(35)19-29(36)15-24)32(41)21-37-20-23-6-7-25-8-9-38-30(25)16-23;20-15-5-13(6-16(21)9-15)7-17(22)19(25)11-23-10-12-1-2-14-3-4-24-18(14)8-12;1-15(2,3)22-14(21)19-12(13(20)8-18)6-9-4-10(16)7-11(17)5-9;1-13-10(12)8-3-2-7-4-5-11-9(7)6-8;11-6-7-1-2-8-3-4-10-9(8)5-7;1-2(3)4;/h6-9,12-16,18-19,31-32,37-38,41H,4-5,10-11,17,20-21H2,1-3H3,(H,39,42);1-6,8-9,17,19,23-25H,7,10-11,22H2;4-5,7,12-13,20H,6,8,18H2,1-3H3,(H,19,21);2-6,11H,1H3;1-6,10H;1H3,(H,3,4);1H/t31-,32+;17-,19+;12-,13+;;;;/m000..../s1. The quantitative estimate of drug-likeness (QED) is 0.0123. The molecule has 12 rings (SSSR count). The molecule has 0 saturated heterocycles. The fourth-order valence-electron chi connectivity index (χ4n) is 12.5. The van der Waals surface area contributed by atoms with E-state index < -0.39 is 94.9 Å². The molecule has 0 fully saturated rings. The number of carbonyl (C=O) groups is 6. The molecule has 636 valence electrons. The van der Waals surface area contributed by atoms with Gasteiger partial charge in [0.05, 0.1) is 43.1 Å². The summed E-state index contributed by atoms with van der Waals surface area (Å²) >= 11 is 0. The van der Waals surface area contributed by atoms with Crippen LogP contribution in [0.15, 0.2) is 195 Å². The Balaban J connectivity index is 0.000000246. The zero-order chi connectivity index (χ0) is 86.2. The number of benzene rings is 8. The lowest BCUT2D eigenvalue weighted by Crippen LogP contribution is -2.49. The van der Waals surface area contributed by atoms with Crippen LogP contribution in [0.1, 0.15) is 129 Å². The first-order valence-electron chi connectivity index (χ1n) is 38.2. The predicted molar refractivity (Wildman–Crippen MR) is 451 cm³/mol. The van der Waals surface area contributed by atoms with E-state index in [0.29, 0.717) is 66.1 Å². The Hall–Kier alpha value is -11.7. The first-order valence-corrected chi connectivity index (χ1v) is 38.2. The minimum absolute atomic E-state index is 0. The number of aliphatic hydroxyl groups excluding tert-OH is 3. The van der Waals surface area contributed by atoms with Gasteiger partial charge < -0.3 is 87.5 Å². The number of nitrogens with two attached hydrogens (primary N) is 2. The van der Waals surface area contributed by atoms with E-state index in [1.807, 2.05) is 130 Å². The number of carboxylic acid groups (broad SMARTS) is 1. The lowest BCUT2D eigenvalue weighted by atomic mass is 9.99. The zero-order valence-corrected chi connectivity index (χ0v) is 68.2. The van der Waals surface area contributed by atoms with Crippen molar-refractivity contribution in [3.05, 3.63) is 285 Å². The molecule has 4 aromatic heterocycles. The monoisotopic (exact) mass is 1670 g/mol. The normalized spacial score (nSPS) is 12.4. The van der Waals surface area contributed by atoms with E-state index in [2.05, 4.69) is 45.9 Å². The number of carboxylic acids is 1. The molecule has 119 heavy (non-hydrogen) atoms. The molecule has 0 bridgehead atoms. The van der Waals surface area contributed by atoms with Gasteiger partial charge in [-0.15, -0.1) is 12.4 Å². The van der Waals surface area contributed by atoms with E-state index in [0.717, 1.165) is 117 Å². The Bertz CT molecular complexity index is 5200. The number of ether oxygens (including phenoxy) is 2. The van der Waals surface area contributed by atoms with Crippen LogP contribution < -0.4 is 32.7 Å². The van der Waals surface area contributed by atoms with Gasteiger partial charge in [-0.3, -0.25) is 19.2 Å². The maximum absolute atomic E-state index is 14.0. The first kappa shape index (κ1) is 96.2. The fraction of sp³-hybridized carbons (Fsp3) is 0.303. The second kappa shape index (κ2) is 47.7. The van der Waals surface area contributed by atoms with Crippen molar-refractivity contribution in [3.63, 3.8) is 0 Å². The van der Waals surface area contributed by atoms with Crippen LogP contribution in [0.4, 0.5) is 31.1 Å². The minimum Gasteiger partial charge on any atom is -0.481 e. The second-order valence-electron chi connectivity index (χ2n) is 29.1. The summed E-state index contributed by atoms with van der Waals surface area (Å²) in [5.41, 5.74) is 20.5. The highest BCUT2D eigenvalue weighted by Crippen LogP contribution is 2.22. The molecule has 23 nitrogen and oxygen atoms in total. The van der Waals surface area contributed by atoms with Crippen LogP contribution in [0.25, 0.3) is 43.6 Å². The van der Waals surface area contributed by atoms with Crippen molar-refractivity contribution in [2.24, 2.45) is 11.5 Å². The highest BCUT2D eigenvalue weighted by molar-refractivity contribution is 6.00. The van der Waals surface area contributed by atoms with Crippen molar-refractivity contribution < 1.29 is 85.0 Å². The molecule has 0 spiro atoms. The minimum atomic E-state index is -1.08. The molecule has 0 radical (unpaired) electrons. The number of nitrogens with one attached hydrogen (secondary N) is 8. The molecular weight excluding hydrogens is 1560 g/mol. The van der Waals surface area contributed by atoms with Crippen LogP contribution >= 0.6 is 12.4 Å². The lowest BCUT2D eigenvalue weighted by Gasteiger charge is -2.26. The number of fused-ring (bicyclic) bond motifs is 4. The maximum atomic E-state index is 14.0. The van der Waals surface area contributed by atoms with Gasteiger partial charge in [-0.25, -0.2) is 35.9 Å². The molecule has 0 aliphatic carbocycles. The van der Waals surface area contributed by atoms with Gasteiger partial charge in [0.25, 0.3) is 17.8 Å². The summed E-state index contributed by atoms with van der Waals surface area (Å²) in [7, 11) is 1.38. The number of aliphatic carboxylic acids is 1. The number of alkyl carbamates (subject to hydrolysis) is 1. The number of hydrogen-bond donors (Lipinski definition) is 14. The Morgan fingerprint density at radius 1 is 0.513 bits per heavy atom. The van der Waals surface area contributed by atoms with Crippen molar-refractivity contribution in [2.45, 2.75) is 136 Å². The first-order chi connectivity index (χ1) is 56.2. The molecule has 0 saturated carbocycles. The molecule has 6 atom stereocenters. The van der Waals surface area contributed by atoms with E-state index in [1.54, 1.807) is 56.0 Å². The molecule has 4 heterocycles. The number of halogens is 7. The number of aldehydes is 1. The van der Waals surface area contributed by atoms with Crippen LogP contribution in [0.2, 0.25) is 0 Å². The van der Waals surface area contributed by atoms with Crippen LogP contribution in [0, 0.1) is 41.8 Å². The predicted octanol–water partition coefficient (Wildman–Crippen LogP) is 14.1. The van der Waals surface area contributed by atoms with Gasteiger partial charge in [-0.05, 0) is 224 Å². The summed E-state index contributed by atoms with van der Waals surface area (Å²) in [5, 5.41) is 54.8. The molecule has 12 aromatic rings. The number of aliphatic hydroxyl groups is 3. The number of nitrogens with zero attached hydrogens (tertiary/aromatic N) is 1. The highest BCUT2D eigenvalue weighted by Gasteiger charge is 2.27. The third kappa shape index (κ3) is 32.3. The van der Waals surface area contributed by atoms with Gasteiger partial charge in [0.1, 0.15) is 46.8 Å². The summed E-state index contributed by atoms with van der Waals surface area (Å²) in [5.74, 6) is -6.00. The number of rotatable bonds is 28. The number of methoxy groups -OCH3 is 1. The van der Waals surface area contributed by atoms with E-state index >= 15 is 0 Å². The van der Waals surface area contributed by atoms with Crippen molar-refractivity contribution >= 4 is 92.2 Å². The number of aryl methyl sites for hydroxylation is 1. The third-order valence-electron chi connectivity index (χ3n) is 18.0. The van der Waals surface area contributed by atoms with Gasteiger partial charge in [0.2, 0.25) is 0 Å². The average molecular weight is 1670 g/mol. The van der Waals surface area contributed by atoms with Crippen molar-refractivity contribution in [1.29, 1.82) is 0 Å². The summed E-state index contributed by atoms with van der Waals surface area (Å²) in [6.07, 6.45) is 6.45. The van der Waals surface area contributed by atoms with Crippen molar-refractivity contribution in [1.82, 2.24) is 46.1 Å². The fourth-order valence-corrected chi connectivity index (χ4v) is 12.5. The van der Waals surface area contributed by atoms with Gasteiger partial charge in [0.15, 0.2) is 0 Å². The maximum Gasteiger partial charge on any atom is 0.407 e. The van der Waals surface area contributed by atoms with E-state index in [1.165, 1.54) is 31.4 Å². The Morgan fingerprint density at radius 2 is 0.916 bits per heavy atom. The summed E-state index contributed by atoms with van der Waals surface area (Å²) < 4.78 is 90.5. The summed E-state index contributed by atoms with van der Waals surface area (Å²) in [4.78, 5) is 83.2. The Morgan fingerprint density at radius 3 is 1.34 bits per heavy atom. The lowest BCUT2D eigenvalue weighted by molar-refractivity contribution is -0.134. The number of H-pyrrole nitrogens is 4. The number of hydrogen-bond acceptors (Lipinski definition) is 15. The largest absolute Gasteiger partial charge is 0.481 e. The average Bonchev–Trinajstić information content (AvgIpc) is 1.69. The SMILES string of the molecule is CC(=O)O.CC(C)(C)OC(=O)N[C@@H](Cc1cc(F)cc(F)c1)[C@H](O)CN.CCCN(CCC)C(=O)c1cc(C)cc(C(=O)N[C@@H](Cc2cc(F)cc(F)c2)[C@H](O)CNCc2ccc3cc[nH]c3c2)c1.COC(=O)c1ccc2cc[nH]c2c1.Cl.N[C@@H](Cc1cc(F)cc(F)c1)[C@H](O)CNCc1ccc2cc[nH]c2c1.O=Cc1ccc2cc[nH]c2c1. The van der Waals surface area contributed by atoms with Crippen LogP contribution in [0.5, 0.6) is 0 Å². The topological polar surface area (TPSA) is 368 Å². The third-order valence-corrected chi connectivity index (χ3v) is 18.0. The molecule has 0 unspecified atom stereocenters. The number of carbonyl (C=O) groups excluding carboxylic acids is 5. The van der Waals surface area contributed by atoms with Crippen LogP contribution in [-0.4, -0.2) is 163 Å². The molecule has 8 aromatic carbocycles. The van der Waals surface area contributed by atoms with Crippen LogP contribution in [0.3, 0.4) is 0 Å². The van der Waals surface area contributed by atoms with Crippen LogP contribution in [-0.2, 0) is 46.6 Å². The zero-order valence-electron chi connectivity index (χ0n) is 67.3. The summed E-state index contributed by atoms with van der Waals surface area (Å²) in [6.45, 7) is 14.6. The molecule has 0 aliphatic heterocycles. The van der Waals surface area contributed by atoms with Gasteiger partial charge in [-0.2, -0.15) is 0 Å². The number of aromatic amines is 4. The van der Waals surface area contributed by atoms with Gasteiger partial charge in [-0.1, -0.05) is 56.3 Å². The molecule has 16 N–H and O–H groups in total. The van der Waals surface area contributed by atoms with Gasteiger partial charge in [0, 0.05) is 141 Å². The highest BCUT2D eigenvalue weighted by atomic mass is 35.5. The smallest absolute Gasteiger partial charge is 0.407 e. The Labute approximate surface area is 692 Å². The molecular formula is C89H104ClF6N11O12. The molecule has 0 aliphatic rings. The van der Waals surface area contributed by atoms with Crippen molar-refractivity contribution in [3.8, 4) is 0 Å². The molecule has 30 heteroatoms. The second-order valence-corrected chi connectivity index (χ2v) is 29.1. The Kier molecular flexibility index (Phi) is 38.5. The van der Waals surface area contributed by atoms with E-state index in [9.17, 15) is 65.6 Å². The number of esters is 1. The number of aromatic nitrogens is 4. The number of amides is 3. The van der Waals surface area contributed by atoms with Crippen molar-refractivity contribution in [2.75, 3.05) is 39.8 Å². The summed E-state index contributed by atoms with van der Waals surface area (Å²) in [6, 6.07) is 43.2.